The topological polar surface area (TPSA) is 69.6 Å². The summed E-state index contributed by atoms with van der Waals surface area (Å²) in [6.07, 6.45) is 0.368. The van der Waals surface area contributed by atoms with Crippen LogP contribution >= 0.6 is 23.4 Å². The molecule has 1 atom stereocenters. The predicted molar refractivity (Wildman–Crippen MR) is 80.0 cm³/mol. The van der Waals surface area contributed by atoms with Crippen molar-refractivity contribution in [3.63, 3.8) is 0 Å². The van der Waals surface area contributed by atoms with Crippen LogP contribution in [-0.4, -0.2) is 39.5 Å². The second kappa shape index (κ2) is 6.37. The van der Waals surface area contributed by atoms with E-state index in [1.807, 2.05) is 0 Å². The van der Waals surface area contributed by atoms with Crippen LogP contribution in [0.25, 0.3) is 0 Å². The van der Waals surface area contributed by atoms with E-state index < -0.39 is 6.04 Å². The number of phenols is 1. The van der Waals surface area contributed by atoms with E-state index in [9.17, 15) is 14.7 Å². The third-order valence-electron chi connectivity index (χ3n) is 3.02. The average molecular weight is 315 g/mol. The fourth-order valence-corrected chi connectivity index (χ4v) is 3.29. The smallest absolute Gasteiger partial charge is 0.248 e. The van der Waals surface area contributed by atoms with E-state index in [-0.39, 0.29) is 23.3 Å². The van der Waals surface area contributed by atoms with Crippen LogP contribution in [0, 0.1) is 0 Å². The molecule has 0 unspecified atom stereocenters. The van der Waals surface area contributed by atoms with Crippen LogP contribution in [0.15, 0.2) is 18.2 Å². The number of nitrogens with one attached hydrogen (secondary N) is 1. The third-order valence-corrected chi connectivity index (χ3v) is 4.27. The Labute approximate surface area is 126 Å². The molecule has 1 heterocycles. The zero-order chi connectivity index (χ0) is 14.7. The Balaban J connectivity index is 2.11. The van der Waals surface area contributed by atoms with Gasteiger partial charge in [-0.3, -0.25) is 9.59 Å². The Morgan fingerprint density at radius 2 is 2.30 bits per heavy atom. The van der Waals surface area contributed by atoms with E-state index in [0.29, 0.717) is 23.1 Å². The van der Waals surface area contributed by atoms with Gasteiger partial charge in [0.25, 0.3) is 0 Å². The van der Waals surface area contributed by atoms with Gasteiger partial charge in [-0.05, 0) is 18.2 Å². The fraction of sp³-hybridized carbons (Fsp3) is 0.385. The van der Waals surface area contributed by atoms with E-state index in [1.165, 1.54) is 30.0 Å². The summed E-state index contributed by atoms with van der Waals surface area (Å²) < 4.78 is 0. The molecule has 1 aliphatic heterocycles. The van der Waals surface area contributed by atoms with Gasteiger partial charge >= 0.3 is 0 Å². The van der Waals surface area contributed by atoms with Gasteiger partial charge in [0.2, 0.25) is 11.8 Å². The number of phenolic OH excluding ortho intramolecular Hbond substituents is 1. The SMILES string of the molecule is CCC(=O)N1CSC[C@H]1C(=O)Nc1cc(Cl)ccc1O. The highest BCUT2D eigenvalue weighted by molar-refractivity contribution is 7.99. The number of nitrogens with zero attached hydrogens (tertiary/aromatic N) is 1. The van der Waals surface area contributed by atoms with E-state index in [1.54, 1.807) is 11.8 Å². The third kappa shape index (κ3) is 3.19. The summed E-state index contributed by atoms with van der Waals surface area (Å²) in [6, 6.07) is 3.91. The lowest BCUT2D eigenvalue weighted by Gasteiger charge is -2.22. The largest absolute Gasteiger partial charge is 0.506 e. The molecule has 2 N–H and O–H groups in total. The molecule has 1 saturated heterocycles. The summed E-state index contributed by atoms with van der Waals surface area (Å²) in [7, 11) is 0. The molecule has 0 radical (unpaired) electrons. The summed E-state index contributed by atoms with van der Waals surface area (Å²) in [5.74, 6) is 0.659. The highest BCUT2D eigenvalue weighted by Gasteiger charge is 2.34. The zero-order valence-electron chi connectivity index (χ0n) is 10.9. The molecule has 2 rings (SSSR count). The number of halogens is 1. The molecule has 0 bridgehead atoms. The molecule has 1 fully saturated rings. The minimum absolute atomic E-state index is 0.0505. The number of thioether (sulfide) groups is 1. The fourth-order valence-electron chi connectivity index (χ4n) is 1.93. The minimum Gasteiger partial charge on any atom is -0.506 e. The molecular weight excluding hydrogens is 300 g/mol. The maximum atomic E-state index is 12.2. The Kier molecular flexibility index (Phi) is 4.77. The van der Waals surface area contributed by atoms with Crippen LogP contribution in [0.2, 0.25) is 5.02 Å². The van der Waals surface area contributed by atoms with Crippen molar-refractivity contribution in [2.45, 2.75) is 19.4 Å². The summed E-state index contributed by atoms with van der Waals surface area (Å²) in [4.78, 5) is 25.6. The lowest BCUT2D eigenvalue weighted by molar-refractivity contribution is -0.135. The van der Waals surface area contributed by atoms with Crippen molar-refractivity contribution in [1.29, 1.82) is 0 Å². The number of carbonyl (C=O) groups is 2. The van der Waals surface area contributed by atoms with Gasteiger partial charge in [-0.25, -0.2) is 0 Å². The van der Waals surface area contributed by atoms with Gasteiger partial charge < -0.3 is 15.3 Å². The van der Waals surface area contributed by atoms with E-state index in [0.717, 1.165) is 0 Å². The van der Waals surface area contributed by atoms with Crippen molar-refractivity contribution in [2.75, 3.05) is 16.9 Å². The normalized spacial score (nSPS) is 18.1. The maximum absolute atomic E-state index is 12.2. The second-order valence-electron chi connectivity index (χ2n) is 4.38. The molecule has 1 aromatic rings. The molecule has 0 aromatic heterocycles. The first kappa shape index (κ1) is 15.0. The van der Waals surface area contributed by atoms with Crippen molar-refractivity contribution in [1.82, 2.24) is 4.90 Å². The summed E-state index contributed by atoms with van der Waals surface area (Å²) in [5.41, 5.74) is 0.253. The van der Waals surface area contributed by atoms with Crippen LogP contribution < -0.4 is 5.32 Å². The molecule has 1 aliphatic rings. The quantitative estimate of drug-likeness (QED) is 0.840. The van der Waals surface area contributed by atoms with Gasteiger partial charge in [-0.15, -0.1) is 11.8 Å². The van der Waals surface area contributed by atoms with Crippen molar-refractivity contribution in [3.8, 4) is 5.75 Å². The van der Waals surface area contributed by atoms with E-state index >= 15 is 0 Å². The molecular formula is C13H15ClN2O3S. The lowest BCUT2D eigenvalue weighted by Crippen LogP contribution is -2.44. The Morgan fingerprint density at radius 3 is 3.00 bits per heavy atom. The molecule has 108 valence electrons. The number of hydrogen-bond donors (Lipinski definition) is 2. The van der Waals surface area contributed by atoms with Crippen LogP contribution in [0.3, 0.4) is 0 Å². The highest BCUT2D eigenvalue weighted by Crippen LogP contribution is 2.28. The standard InChI is InChI=1S/C13H15ClN2O3S/c1-2-12(18)16-7-20-6-10(16)13(19)15-9-5-8(14)3-4-11(9)17/h3-5,10,17H,2,6-7H2,1H3,(H,15,19)/t10-/m0/s1. The van der Waals surface area contributed by atoms with Crippen molar-refractivity contribution < 1.29 is 14.7 Å². The number of aromatic hydroxyl groups is 1. The average Bonchev–Trinajstić information content (AvgIpc) is 2.91. The van der Waals surface area contributed by atoms with Crippen molar-refractivity contribution in [3.05, 3.63) is 23.2 Å². The van der Waals surface area contributed by atoms with E-state index in [2.05, 4.69) is 5.32 Å². The molecule has 0 saturated carbocycles. The van der Waals surface area contributed by atoms with Gasteiger partial charge in [-0.1, -0.05) is 18.5 Å². The van der Waals surface area contributed by atoms with Crippen LogP contribution in [-0.2, 0) is 9.59 Å². The number of hydrogen-bond acceptors (Lipinski definition) is 4. The number of amides is 2. The molecule has 0 spiro atoms. The monoisotopic (exact) mass is 314 g/mol. The molecule has 20 heavy (non-hydrogen) atoms. The number of carbonyl (C=O) groups excluding carboxylic acids is 2. The second-order valence-corrected chi connectivity index (χ2v) is 5.82. The maximum Gasteiger partial charge on any atom is 0.248 e. The van der Waals surface area contributed by atoms with Crippen LogP contribution in [0.5, 0.6) is 5.75 Å². The Morgan fingerprint density at radius 1 is 1.55 bits per heavy atom. The first-order valence-corrected chi connectivity index (χ1v) is 7.72. The first-order valence-electron chi connectivity index (χ1n) is 6.19. The van der Waals surface area contributed by atoms with Crippen molar-refractivity contribution >= 4 is 40.9 Å². The summed E-state index contributed by atoms with van der Waals surface area (Å²) >= 11 is 7.37. The first-order chi connectivity index (χ1) is 9.52. The van der Waals surface area contributed by atoms with Gasteiger partial charge in [0.05, 0.1) is 11.6 Å². The molecule has 7 heteroatoms. The van der Waals surface area contributed by atoms with Gasteiger partial charge in [0.1, 0.15) is 11.8 Å². The van der Waals surface area contributed by atoms with Gasteiger partial charge in [-0.2, -0.15) is 0 Å². The summed E-state index contributed by atoms with van der Waals surface area (Å²) in [6.45, 7) is 1.77. The lowest BCUT2D eigenvalue weighted by atomic mass is 10.2. The molecule has 5 nitrogen and oxygen atoms in total. The highest BCUT2D eigenvalue weighted by atomic mass is 35.5. The molecule has 0 aliphatic carbocycles. The predicted octanol–water partition coefficient (Wildman–Crippen LogP) is 2.30. The Hall–Kier alpha value is -1.40. The van der Waals surface area contributed by atoms with E-state index in [4.69, 9.17) is 11.6 Å². The van der Waals surface area contributed by atoms with Gasteiger partial charge in [0, 0.05) is 17.2 Å². The number of benzene rings is 1. The van der Waals surface area contributed by atoms with Crippen molar-refractivity contribution in [2.24, 2.45) is 0 Å². The zero-order valence-corrected chi connectivity index (χ0v) is 12.5. The number of rotatable bonds is 3. The Bertz CT molecular complexity index is 538. The summed E-state index contributed by atoms with van der Waals surface area (Å²) in [5, 5.41) is 12.7. The van der Waals surface area contributed by atoms with Gasteiger partial charge in [0.15, 0.2) is 0 Å². The minimum atomic E-state index is -0.508. The molecule has 2 amide bonds. The van der Waals surface area contributed by atoms with Crippen LogP contribution in [0.1, 0.15) is 13.3 Å². The molecule has 1 aromatic carbocycles. The van der Waals surface area contributed by atoms with Crippen LogP contribution in [0.4, 0.5) is 5.69 Å². The number of anilines is 1.